The highest BCUT2D eigenvalue weighted by molar-refractivity contribution is 7.95. The highest BCUT2D eigenvalue weighted by Crippen LogP contribution is 2.45. The number of nitrogens with two attached hydrogens (primary N) is 2. The summed E-state index contributed by atoms with van der Waals surface area (Å²) in [7, 11) is -23.1. The Morgan fingerprint density at radius 2 is 1.11 bits per heavy atom. The van der Waals surface area contributed by atoms with Gasteiger partial charge in [-0.15, -0.1) is 24.0 Å². The first kappa shape index (κ1) is 56.5. The zero-order chi connectivity index (χ0) is 52.4. The Labute approximate surface area is 413 Å². The van der Waals surface area contributed by atoms with Crippen LogP contribution in [0.1, 0.15) is 0 Å². The molecule has 5 rings (SSSR count). The van der Waals surface area contributed by atoms with Gasteiger partial charge in [0, 0.05) is 5.69 Å². The van der Waals surface area contributed by atoms with Gasteiger partial charge in [0.1, 0.15) is 22.0 Å². The number of nitrogens with one attached hydrogen (secondary N) is 2. The maximum absolute atomic E-state index is 12.6. The van der Waals surface area contributed by atoms with Crippen LogP contribution in [0.15, 0.2) is 112 Å². The molecular formula is C31H30ClN11O21S7. The van der Waals surface area contributed by atoms with E-state index in [1.165, 1.54) is 24.3 Å². The van der Waals surface area contributed by atoms with E-state index in [2.05, 4.69) is 73.2 Å². The summed E-state index contributed by atoms with van der Waals surface area (Å²) in [5.74, 6) is -2.15. The van der Waals surface area contributed by atoms with Crippen molar-refractivity contribution in [2.75, 3.05) is 46.8 Å². The van der Waals surface area contributed by atoms with Gasteiger partial charge in [-0.05, 0) is 78.3 Å². The maximum Gasteiger partial charge on any atom is 0.397 e. The largest absolute Gasteiger partial charge is 0.397 e. The van der Waals surface area contributed by atoms with E-state index in [1.807, 2.05) is 0 Å². The number of benzene rings is 4. The third kappa shape index (κ3) is 16.8. The molecule has 71 heavy (non-hydrogen) atoms. The van der Waals surface area contributed by atoms with Gasteiger partial charge in [0.05, 0.1) is 91.1 Å². The number of azo groups is 2. The van der Waals surface area contributed by atoms with Crippen LogP contribution in [0, 0.1) is 0 Å². The molecule has 0 radical (unpaired) electrons. The number of nitrogen functional groups attached to an aromatic ring is 2. The summed E-state index contributed by atoms with van der Waals surface area (Å²) < 4.78 is 163. The van der Waals surface area contributed by atoms with Crippen LogP contribution in [-0.4, -0.2) is 106 Å². The molecule has 0 unspecified atom stereocenters. The number of hydrogen-bond donors (Lipinski definition) is 9. The van der Waals surface area contributed by atoms with E-state index in [1.54, 1.807) is 0 Å². The van der Waals surface area contributed by atoms with Crippen LogP contribution in [0.5, 0.6) is 0 Å². The summed E-state index contributed by atoms with van der Waals surface area (Å²) in [4.78, 5) is 10.6. The van der Waals surface area contributed by atoms with Crippen LogP contribution in [0.2, 0.25) is 5.28 Å². The topological polar surface area (TPSA) is 491 Å². The molecule has 40 heteroatoms. The molecule has 4 aromatic carbocycles. The van der Waals surface area contributed by atoms with Gasteiger partial charge in [0.15, 0.2) is 19.7 Å². The molecule has 0 saturated heterocycles. The molecule has 1 heterocycles. The molecule has 0 atom stereocenters. The van der Waals surface area contributed by atoms with Crippen molar-refractivity contribution in [1.29, 1.82) is 0 Å². The number of halogens is 1. The van der Waals surface area contributed by atoms with E-state index in [9.17, 15) is 46.6 Å². The van der Waals surface area contributed by atoms with Crippen molar-refractivity contribution in [2.45, 2.75) is 24.5 Å². The van der Waals surface area contributed by atoms with Gasteiger partial charge in [0.2, 0.25) is 17.2 Å². The number of aromatic nitrogens is 3. The molecule has 0 spiro atoms. The molecule has 384 valence electrons. The Kier molecular flexibility index (Phi) is 19.0. The lowest BCUT2D eigenvalue weighted by Gasteiger charge is -2.14. The normalized spacial score (nSPS) is 12.8. The van der Waals surface area contributed by atoms with Gasteiger partial charge >= 0.3 is 20.8 Å². The third-order valence-corrected chi connectivity index (χ3v) is 14.8. The van der Waals surface area contributed by atoms with Crippen molar-refractivity contribution < 1.29 is 93.4 Å². The van der Waals surface area contributed by atoms with E-state index >= 15 is 0 Å². The summed E-state index contributed by atoms with van der Waals surface area (Å²) >= 11 is 6.86. The minimum absolute atomic E-state index is 0.00650. The summed E-state index contributed by atoms with van der Waals surface area (Å²) in [6, 6.07) is 12.4. The van der Waals surface area contributed by atoms with Crippen LogP contribution >= 0.6 is 35.7 Å². The molecule has 32 nitrogen and oxygen atoms in total. The fourth-order valence-electron chi connectivity index (χ4n) is 5.16. The zero-order valence-corrected chi connectivity index (χ0v) is 40.9. The van der Waals surface area contributed by atoms with Gasteiger partial charge in [-0.2, -0.15) is 45.3 Å². The highest BCUT2D eigenvalue weighted by Gasteiger charge is 2.24. The summed E-state index contributed by atoms with van der Waals surface area (Å²) in [5, 5.41) is 46.3. The first-order valence-electron chi connectivity index (χ1n) is 18.0. The van der Waals surface area contributed by atoms with Crippen LogP contribution in [0.4, 0.5) is 57.4 Å². The third-order valence-electron chi connectivity index (χ3n) is 8.19. The Hall–Kier alpha value is -5.41. The molecule has 0 fully saturated rings. The Morgan fingerprint density at radius 1 is 0.606 bits per heavy atom. The molecule has 0 aliphatic rings. The number of rotatable bonds is 25. The van der Waals surface area contributed by atoms with Gasteiger partial charge in [-0.1, -0.05) is 10.1 Å². The first-order valence-corrected chi connectivity index (χ1v) is 27.4. The average Bonchev–Trinajstić information content (AvgIpc) is 3.26. The minimum atomic E-state index is -5.15. The number of nitrogens with zero attached hydrogens (tertiary/aromatic N) is 7. The van der Waals surface area contributed by atoms with E-state index in [-0.39, 0.29) is 54.2 Å². The maximum atomic E-state index is 12.6. The second-order valence-electron chi connectivity index (χ2n) is 12.9. The molecule has 0 amide bonds. The zero-order valence-electron chi connectivity index (χ0n) is 34.5. The molecule has 5 aromatic rings. The lowest BCUT2D eigenvalue weighted by atomic mass is 10.2. The Balaban J connectivity index is 1.48. The Morgan fingerprint density at radius 3 is 1.63 bits per heavy atom. The van der Waals surface area contributed by atoms with Crippen molar-refractivity contribution in [3.05, 3.63) is 72.0 Å². The predicted octanol–water partition coefficient (Wildman–Crippen LogP) is 5.30. The summed E-state index contributed by atoms with van der Waals surface area (Å²) in [6.07, 6.45) is 0. The quantitative estimate of drug-likeness (QED) is 0.00894. The van der Waals surface area contributed by atoms with E-state index in [0.717, 1.165) is 42.5 Å². The molecule has 0 aliphatic heterocycles. The summed E-state index contributed by atoms with van der Waals surface area (Å²) in [5.41, 5.74) is 9.90. The van der Waals surface area contributed by atoms with Crippen molar-refractivity contribution in [1.82, 2.24) is 15.0 Å². The summed E-state index contributed by atoms with van der Waals surface area (Å²) in [6.45, 7) is -1.75. The van der Waals surface area contributed by atoms with Crippen LogP contribution in [0.3, 0.4) is 0 Å². The smallest absolute Gasteiger partial charge is 0.396 e. The molecule has 11 N–H and O–H groups in total. The minimum Gasteiger partial charge on any atom is -0.396 e. The number of hydrogen-bond acceptors (Lipinski definition) is 31. The van der Waals surface area contributed by atoms with Crippen LogP contribution < -0.4 is 22.1 Å². The fraction of sp³-hybridized carbons (Fsp3) is 0.129. The van der Waals surface area contributed by atoms with Crippen LogP contribution in [-0.2, 0) is 77.7 Å². The molecule has 0 bridgehead atoms. The molecule has 1 aromatic heterocycles. The van der Waals surface area contributed by atoms with Gasteiger partial charge in [-0.25, -0.2) is 35.7 Å². The van der Waals surface area contributed by atoms with Gasteiger partial charge in [0.25, 0.3) is 10.1 Å². The lowest BCUT2D eigenvalue weighted by molar-refractivity contribution is -0.432. The van der Waals surface area contributed by atoms with Crippen LogP contribution in [0.25, 0.3) is 0 Å². The van der Waals surface area contributed by atoms with Crippen molar-refractivity contribution in [3.8, 4) is 0 Å². The second-order valence-corrected chi connectivity index (χ2v) is 22.5. The standard InChI is InChI=1S/C31H30ClN11O21S7/c32-29-37-30(35-16-1-5-18(6-2-16)67(46,47)11-9-59-70(53,54)55)39-31(38-29)36-20-13-21(24(66-64-62-45)15-23(20)65-63-61-44)41-42-22-14-25(69(50,51)52)27(34)28(26(22)33)43-40-17-3-7-19(8-4-17)68(48,49)12-10-60-71(56,57)58/h1-8,13-15,44-45H,9-12,33-34H2,(H,50,51,52)(H,53,54,55)(H,56,57,58)(H2,35,36,37,38,39)/b42-41+,43-40+. The SMILES string of the molecule is Nc1c(/N=N/c2cc(Nc3nc(Cl)nc(Nc4ccc(S(=O)(=O)CCOS(=O)(=O)O)cc4)n3)c(SOOO)cc2SOOO)cc(S(=O)(=O)O)c(N)c1/N=N/c1ccc(S(=O)(=O)CCOS(=O)(=O)O)cc1. The Bertz CT molecular complexity index is 3400. The predicted molar refractivity (Wildman–Crippen MR) is 245 cm³/mol. The van der Waals surface area contributed by atoms with Crippen molar-refractivity contribution in [2.24, 2.45) is 20.5 Å². The van der Waals surface area contributed by atoms with E-state index in [4.69, 9.17) is 42.7 Å². The van der Waals surface area contributed by atoms with E-state index in [0.29, 0.717) is 24.1 Å². The molecular weight excluding hydrogens is 1120 g/mol. The fourth-order valence-corrected chi connectivity index (χ4v) is 9.93. The average molecular weight is 1150 g/mol. The monoisotopic (exact) mass is 1150 g/mol. The van der Waals surface area contributed by atoms with Gasteiger partial charge in [-0.3, -0.25) is 13.7 Å². The lowest BCUT2D eigenvalue weighted by Crippen LogP contribution is -2.15. The molecule has 0 aliphatic carbocycles. The van der Waals surface area contributed by atoms with Crippen molar-refractivity contribution >= 4 is 144 Å². The number of sulfone groups is 2. The first-order chi connectivity index (χ1) is 33.2. The number of anilines is 6. The van der Waals surface area contributed by atoms with Crippen molar-refractivity contribution in [3.63, 3.8) is 0 Å². The molecule has 0 saturated carbocycles. The highest BCUT2D eigenvalue weighted by atomic mass is 35.5. The van der Waals surface area contributed by atoms with Gasteiger partial charge < -0.3 is 22.1 Å². The second kappa shape index (κ2) is 23.9. The van der Waals surface area contributed by atoms with E-state index < -0.39 is 108 Å².